The molecule has 23 heavy (non-hydrogen) atoms. The first-order valence-electron chi connectivity index (χ1n) is 8.61. The predicted molar refractivity (Wildman–Crippen MR) is 90.6 cm³/mol. The number of piperazine rings is 1. The van der Waals surface area contributed by atoms with Gasteiger partial charge in [-0.3, -0.25) is 9.59 Å². The molecule has 0 aromatic heterocycles. The minimum Gasteiger partial charge on any atom is -0.368 e. The normalized spacial score (nSPS) is 18.0. The van der Waals surface area contributed by atoms with Gasteiger partial charge in [-0.2, -0.15) is 0 Å². The molecule has 3 rings (SSSR count). The van der Waals surface area contributed by atoms with Crippen molar-refractivity contribution in [2.75, 3.05) is 37.6 Å². The lowest BCUT2D eigenvalue weighted by Crippen LogP contribution is -2.49. The van der Waals surface area contributed by atoms with E-state index in [1.807, 2.05) is 36.1 Å². The van der Waals surface area contributed by atoms with Crippen LogP contribution in [-0.4, -0.2) is 49.4 Å². The van der Waals surface area contributed by atoms with Gasteiger partial charge in [-0.05, 0) is 43.5 Å². The molecular formula is C18H25N3O2. The first kappa shape index (κ1) is 15.8. The lowest BCUT2D eigenvalue weighted by atomic mass is 10.1. The van der Waals surface area contributed by atoms with Crippen molar-refractivity contribution in [1.82, 2.24) is 10.2 Å². The maximum atomic E-state index is 12.1. The van der Waals surface area contributed by atoms with Crippen molar-refractivity contribution < 1.29 is 9.59 Å². The Morgan fingerprint density at radius 1 is 1.09 bits per heavy atom. The quantitative estimate of drug-likeness (QED) is 0.903. The van der Waals surface area contributed by atoms with Crippen LogP contribution in [0.5, 0.6) is 0 Å². The molecule has 1 N–H and O–H groups in total. The third kappa shape index (κ3) is 3.84. The Kier molecular flexibility index (Phi) is 4.84. The number of carbonyl (C=O) groups excluding carboxylic acids is 2. The second-order valence-electron chi connectivity index (χ2n) is 6.39. The van der Waals surface area contributed by atoms with E-state index in [0.29, 0.717) is 23.9 Å². The second-order valence-corrected chi connectivity index (χ2v) is 6.39. The van der Waals surface area contributed by atoms with Gasteiger partial charge in [0.05, 0.1) is 0 Å². The van der Waals surface area contributed by atoms with Gasteiger partial charge in [0.1, 0.15) is 0 Å². The third-order valence-electron chi connectivity index (χ3n) is 4.55. The van der Waals surface area contributed by atoms with Crippen molar-refractivity contribution in [2.24, 2.45) is 5.92 Å². The summed E-state index contributed by atoms with van der Waals surface area (Å²) in [6.07, 6.45) is 3.08. The Morgan fingerprint density at radius 3 is 2.30 bits per heavy atom. The first-order valence-corrected chi connectivity index (χ1v) is 8.61. The molecule has 1 heterocycles. The molecule has 1 aliphatic carbocycles. The van der Waals surface area contributed by atoms with E-state index in [2.05, 4.69) is 10.2 Å². The highest BCUT2D eigenvalue weighted by atomic mass is 16.2. The van der Waals surface area contributed by atoms with Gasteiger partial charge in [0.15, 0.2) is 0 Å². The van der Waals surface area contributed by atoms with Crippen molar-refractivity contribution in [3.05, 3.63) is 29.8 Å². The van der Waals surface area contributed by atoms with E-state index in [4.69, 9.17) is 0 Å². The summed E-state index contributed by atoms with van der Waals surface area (Å²) >= 11 is 0. The highest BCUT2D eigenvalue weighted by molar-refractivity contribution is 5.94. The fraction of sp³-hybridized carbons (Fsp3) is 0.556. The summed E-state index contributed by atoms with van der Waals surface area (Å²) in [5, 5.41) is 2.89. The molecule has 0 bridgehead atoms. The van der Waals surface area contributed by atoms with Crippen molar-refractivity contribution in [1.29, 1.82) is 0 Å². The van der Waals surface area contributed by atoms with Crippen LogP contribution in [0.3, 0.4) is 0 Å². The number of amides is 2. The van der Waals surface area contributed by atoms with Gasteiger partial charge < -0.3 is 15.1 Å². The Balaban J connectivity index is 1.54. The van der Waals surface area contributed by atoms with Crippen LogP contribution in [0.25, 0.3) is 0 Å². The Bertz CT molecular complexity index is 558. The summed E-state index contributed by atoms with van der Waals surface area (Å²) in [5.41, 5.74) is 1.82. The Labute approximate surface area is 137 Å². The van der Waals surface area contributed by atoms with Gasteiger partial charge in [0, 0.05) is 49.9 Å². The lowest BCUT2D eigenvalue weighted by molar-refractivity contribution is -0.132. The zero-order valence-corrected chi connectivity index (χ0v) is 13.8. The Hall–Kier alpha value is -2.04. The van der Waals surface area contributed by atoms with Gasteiger partial charge in [-0.15, -0.1) is 0 Å². The van der Waals surface area contributed by atoms with E-state index < -0.39 is 0 Å². The van der Waals surface area contributed by atoms with E-state index in [9.17, 15) is 9.59 Å². The van der Waals surface area contributed by atoms with Crippen LogP contribution in [0.2, 0.25) is 0 Å². The van der Waals surface area contributed by atoms with Crippen LogP contribution in [0.4, 0.5) is 5.69 Å². The molecule has 124 valence electrons. The minimum atomic E-state index is -0.0155. The highest BCUT2D eigenvalue weighted by Crippen LogP contribution is 2.31. The molecule has 0 atom stereocenters. The third-order valence-corrected chi connectivity index (χ3v) is 4.55. The molecule has 1 saturated heterocycles. The van der Waals surface area contributed by atoms with Crippen molar-refractivity contribution in [3.63, 3.8) is 0 Å². The summed E-state index contributed by atoms with van der Waals surface area (Å²) in [6.45, 7) is 6.07. The van der Waals surface area contributed by atoms with E-state index in [1.165, 1.54) is 0 Å². The fourth-order valence-corrected chi connectivity index (χ4v) is 2.94. The largest absolute Gasteiger partial charge is 0.368 e. The standard InChI is InChI=1S/C18H25N3O2/c1-2-9-19-17(22)14-5-7-16(8-6-14)20-10-12-21(13-11-20)18(23)15-3-4-15/h5-8,15H,2-4,9-13H2,1H3,(H,19,22). The molecule has 1 aromatic rings. The number of hydrogen-bond donors (Lipinski definition) is 1. The zero-order chi connectivity index (χ0) is 16.2. The molecular weight excluding hydrogens is 290 g/mol. The zero-order valence-electron chi connectivity index (χ0n) is 13.8. The second kappa shape index (κ2) is 7.02. The summed E-state index contributed by atoms with van der Waals surface area (Å²) < 4.78 is 0. The summed E-state index contributed by atoms with van der Waals surface area (Å²) in [7, 11) is 0. The highest BCUT2D eigenvalue weighted by Gasteiger charge is 2.34. The number of rotatable bonds is 5. The number of hydrogen-bond acceptors (Lipinski definition) is 3. The van der Waals surface area contributed by atoms with Gasteiger partial charge in [-0.1, -0.05) is 6.92 Å². The molecule has 5 heteroatoms. The molecule has 2 amide bonds. The lowest BCUT2D eigenvalue weighted by Gasteiger charge is -2.36. The molecule has 5 nitrogen and oxygen atoms in total. The van der Waals surface area contributed by atoms with Crippen LogP contribution < -0.4 is 10.2 Å². The van der Waals surface area contributed by atoms with Crippen LogP contribution >= 0.6 is 0 Å². The van der Waals surface area contributed by atoms with E-state index in [-0.39, 0.29) is 5.91 Å². The van der Waals surface area contributed by atoms with Crippen LogP contribution in [0.1, 0.15) is 36.5 Å². The molecule has 1 saturated carbocycles. The summed E-state index contributed by atoms with van der Waals surface area (Å²) in [5.74, 6) is 0.633. The SMILES string of the molecule is CCCNC(=O)c1ccc(N2CCN(C(=O)C3CC3)CC2)cc1. The smallest absolute Gasteiger partial charge is 0.251 e. The molecule has 1 aliphatic heterocycles. The van der Waals surface area contributed by atoms with Crippen molar-refractivity contribution >= 4 is 17.5 Å². The maximum absolute atomic E-state index is 12.1. The molecule has 1 aromatic carbocycles. The molecule has 0 radical (unpaired) electrons. The molecule has 2 aliphatic rings. The van der Waals surface area contributed by atoms with E-state index >= 15 is 0 Å². The number of carbonyl (C=O) groups is 2. The molecule has 0 spiro atoms. The molecule has 0 unspecified atom stereocenters. The fourth-order valence-electron chi connectivity index (χ4n) is 2.94. The minimum absolute atomic E-state index is 0.0155. The number of anilines is 1. The topological polar surface area (TPSA) is 52.7 Å². The van der Waals surface area contributed by atoms with E-state index in [1.54, 1.807) is 0 Å². The molecule has 2 fully saturated rings. The van der Waals surface area contributed by atoms with Crippen LogP contribution in [0, 0.1) is 5.92 Å². The average molecular weight is 315 g/mol. The number of nitrogens with one attached hydrogen (secondary N) is 1. The predicted octanol–water partition coefficient (Wildman–Crippen LogP) is 1.88. The van der Waals surface area contributed by atoms with Crippen LogP contribution in [0.15, 0.2) is 24.3 Å². The van der Waals surface area contributed by atoms with Gasteiger partial charge in [0.2, 0.25) is 5.91 Å². The van der Waals surface area contributed by atoms with Crippen molar-refractivity contribution in [3.8, 4) is 0 Å². The number of nitrogens with zero attached hydrogens (tertiary/aromatic N) is 2. The van der Waals surface area contributed by atoms with E-state index in [0.717, 1.165) is 51.1 Å². The van der Waals surface area contributed by atoms with Gasteiger partial charge in [-0.25, -0.2) is 0 Å². The van der Waals surface area contributed by atoms with Crippen molar-refractivity contribution in [2.45, 2.75) is 26.2 Å². The number of benzene rings is 1. The first-order chi connectivity index (χ1) is 11.2. The maximum Gasteiger partial charge on any atom is 0.251 e. The Morgan fingerprint density at radius 2 is 1.74 bits per heavy atom. The average Bonchev–Trinajstić information content (AvgIpc) is 3.44. The monoisotopic (exact) mass is 315 g/mol. The van der Waals surface area contributed by atoms with Gasteiger partial charge >= 0.3 is 0 Å². The van der Waals surface area contributed by atoms with Gasteiger partial charge in [0.25, 0.3) is 5.91 Å². The summed E-state index contributed by atoms with van der Waals surface area (Å²) in [6, 6.07) is 7.75. The van der Waals surface area contributed by atoms with Crippen LogP contribution in [-0.2, 0) is 4.79 Å². The summed E-state index contributed by atoms with van der Waals surface area (Å²) in [4.78, 5) is 28.3.